The van der Waals surface area contributed by atoms with Crippen molar-refractivity contribution in [1.82, 2.24) is 14.7 Å². The summed E-state index contributed by atoms with van der Waals surface area (Å²) in [5, 5.41) is 6.44. The van der Waals surface area contributed by atoms with Crippen molar-refractivity contribution in [2.45, 2.75) is 13.1 Å². The van der Waals surface area contributed by atoms with Crippen molar-refractivity contribution >= 4 is 23.3 Å². The molecule has 0 atom stereocenters. The predicted molar refractivity (Wildman–Crippen MR) is 98.4 cm³/mol. The zero-order chi connectivity index (χ0) is 19.8. The number of fused-ring (bicyclic) bond motifs is 1. The zero-order valence-corrected chi connectivity index (χ0v) is 15.2. The van der Waals surface area contributed by atoms with E-state index >= 15 is 0 Å². The number of nitrogens with zero attached hydrogens (tertiary/aromatic N) is 3. The third kappa shape index (κ3) is 3.43. The van der Waals surface area contributed by atoms with Crippen molar-refractivity contribution < 1.29 is 18.0 Å². The molecular weight excluding hydrogens is 393 g/mol. The monoisotopic (exact) mass is 406 g/mol. The van der Waals surface area contributed by atoms with Crippen LogP contribution in [0.25, 0.3) is 11.1 Å². The van der Waals surface area contributed by atoms with Crippen molar-refractivity contribution in [2.75, 3.05) is 11.9 Å². The molecule has 1 N–H and O–H groups in total. The SMILES string of the molecule is O=C(Nc1cc(F)c(F)c(Cl)c1)N1CCn2ncc(-c3ccc(F)cc3)c2C1. The van der Waals surface area contributed by atoms with Crippen LogP contribution in [0.15, 0.2) is 42.6 Å². The Labute approximate surface area is 163 Å². The van der Waals surface area contributed by atoms with Crippen molar-refractivity contribution in [3.05, 3.63) is 70.8 Å². The standard InChI is InChI=1S/C19H14ClF3N4O/c20-15-7-13(8-16(22)18(15)23)25-19(28)26-5-6-27-17(10-26)14(9-24-27)11-1-3-12(21)4-2-11/h1-4,7-9H,5-6,10H2,(H,25,28). The molecule has 2 heterocycles. The Balaban J connectivity index is 1.54. The van der Waals surface area contributed by atoms with Gasteiger partial charge >= 0.3 is 6.03 Å². The van der Waals surface area contributed by atoms with Gasteiger partial charge in [-0.2, -0.15) is 5.10 Å². The second kappa shape index (κ2) is 7.20. The van der Waals surface area contributed by atoms with Crippen LogP contribution in [0.4, 0.5) is 23.7 Å². The third-order valence-electron chi connectivity index (χ3n) is 4.55. The molecule has 5 nitrogen and oxygen atoms in total. The summed E-state index contributed by atoms with van der Waals surface area (Å²) >= 11 is 5.62. The van der Waals surface area contributed by atoms with Gasteiger partial charge in [-0.15, -0.1) is 0 Å². The molecule has 4 rings (SSSR count). The minimum absolute atomic E-state index is 0.0618. The smallest absolute Gasteiger partial charge is 0.317 e. The molecule has 0 radical (unpaired) electrons. The van der Waals surface area contributed by atoms with Crippen LogP contribution in [-0.4, -0.2) is 27.3 Å². The summed E-state index contributed by atoms with van der Waals surface area (Å²) in [7, 11) is 0. The fourth-order valence-corrected chi connectivity index (χ4v) is 3.33. The van der Waals surface area contributed by atoms with E-state index in [4.69, 9.17) is 11.6 Å². The Morgan fingerprint density at radius 3 is 2.57 bits per heavy atom. The first-order valence-electron chi connectivity index (χ1n) is 8.43. The molecule has 0 spiro atoms. The number of nitrogens with one attached hydrogen (secondary N) is 1. The molecule has 144 valence electrons. The average Bonchev–Trinajstić information content (AvgIpc) is 3.10. The summed E-state index contributed by atoms with van der Waals surface area (Å²) in [4.78, 5) is 14.1. The number of urea groups is 1. The number of hydrogen-bond donors (Lipinski definition) is 1. The fourth-order valence-electron chi connectivity index (χ4n) is 3.12. The van der Waals surface area contributed by atoms with E-state index in [0.29, 0.717) is 13.1 Å². The summed E-state index contributed by atoms with van der Waals surface area (Å²) in [5.74, 6) is -2.64. The van der Waals surface area contributed by atoms with E-state index in [-0.39, 0.29) is 18.0 Å². The molecule has 9 heteroatoms. The van der Waals surface area contributed by atoms with Crippen LogP contribution in [0.3, 0.4) is 0 Å². The molecule has 3 aromatic rings. The Kier molecular flexibility index (Phi) is 4.72. The van der Waals surface area contributed by atoms with E-state index in [0.717, 1.165) is 29.0 Å². The Morgan fingerprint density at radius 2 is 1.86 bits per heavy atom. The maximum absolute atomic E-state index is 13.5. The van der Waals surface area contributed by atoms with E-state index in [1.165, 1.54) is 17.0 Å². The molecular formula is C19H14ClF3N4O. The first kappa shape index (κ1) is 18.4. The molecule has 0 saturated heterocycles. The lowest BCUT2D eigenvalue weighted by Crippen LogP contribution is -2.41. The van der Waals surface area contributed by atoms with Gasteiger partial charge in [0.2, 0.25) is 0 Å². The lowest BCUT2D eigenvalue weighted by atomic mass is 10.1. The highest BCUT2D eigenvalue weighted by Gasteiger charge is 2.25. The van der Waals surface area contributed by atoms with Gasteiger partial charge in [-0.1, -0.05) is 23.7 Å². The van der Waals surface area contributed by atoms with Gasteiger partial charge in [-0.25, -0.2) is 18.0 Å². The van der Waals surface area contributed by atoms with Gasteiger partial charge in [0.1, 0.15) is 5.82 Å². The van der Waals surface area contributed by atoms with Crippen molar-refractivity contribution in [3.8, 4) is 11.1 Å². The number of benzene rings is 2. The highest BCUT2D eigenvalue weighted by molar-refractivity contribution is 6.31. The number of halogens is 4. The van der Waals surface area contributed by atoms with Gasteiger partial charge in [-0.05, 0) is 23.8 Å². The summed E-state index contributed by atoms with van der Waals surface area (Å²) in [6.45, 7) is 1.12. The molecule has 0 saturated carbocycles. The van der Waals surface area contributed by atoms with Crippen LogP contribution in [0.5, 0.6) is 0 Å². The van der Waals surface area contributed by atoms with Gasteiger partial charge in [0.15, 0.2) is 11.6 Å². The van der Waals surface area contributed by atoms with Gasteiger partial charge in [0.25, 0.3) is 0 Å². The molecule has 0 fully saturated rings. The second-order valence-electron chi connectivity index (χ2n) is 6.34. The normalized spacial score (nSPS) is 13.4. The number of hydrogen-bond acceptors (Lipinski definition) is 2. The highest BCUT2D eigenvalue weighted by Crippen LogP contribution is 2.28. The minimum Gasteiger partial charge on any atom is -0.317 e. The molecule has 1 aliphatic rings. The predicted octanol–water partition coefficient (Wildman–Crippen LogP) is 4.67. The Hall–Kier alpha value is -3.00. The lowest BCUT2D eigenvalue weighted by molar-refractivity contribution is 0.194. The first-order chi connectivity index (χ1) is 13.4. The average molecular weight is 407 g/mol. The number of carbonyl (C=O) groups is 1. The van der Waals surface area contributed by atoms with E-state index in [1.807, 2.05) is 0 Å². The van der Waals surface area contributed by atoms with Crippen LogP contribution in [0.2, 0.25) is 5.02 Å². The van der Waals surface area contributed by atoms with Crippen molar-refractivity contribution in [1.29, 1.82) is 0 Å². The van der Waals surface area contributed by atoms with E-state index in [9.17, 15) is 18.0 Å². The third-order valence-corrected chi connectivity index (χ3v) is 4.82. The van der Waals surface area contributed by atoms with Gasteiger partial charge < -0.3 is 10.2 Å². The molecule has 0 aliphatic carbocycles. The number of rotatable bonds is 2. The topological polar surface area (TPSA) is 50.2 Å². The quantitative estimate of drug-likeness (QED) is 0.629. The maximum atomic E-state index is 13.5. The summed E-state index contributed by atoms with van der Waals surface area (Å²) in [5.41, 5.74) is 2.45. The summed E-state index contributed by atoms with van der Waals surface area (Å²) in [6.07, 6.45) is 1.68. The molecule has 2 amide bonds. The largest absolute Gasteiger partial charge is 0.322 e. The molecule has 2 aromatic carbocycles. The van der Waals surface area contributed by atoms with Gasteiger partial charge in [0.05, 0.1) is 30.0 Å². The Bertz CT molecular complexity index is 1030. The number of amides is 2. The van der Waals surface area contributed by atoms with Crippen LogP contribution < -0.4 is 5.32 Å². The first-order valence-corrected chi connectivity index (χ1v) is 8.81. The zero-order valence-electron chi connectivity index (χ0n) is 14.4. The lowest BCUT2D eigenvalue weighted by Gasteiger charge is -2.28. The van der Waals surface area contributed by atoms with Crippen LogP contribution in [-0.2, 0) is 13.1 Å². The van der Waals surface area contributed by atoms with E-state index in [1.54, 1.807) is 23.0 Å². The van der Waals surface area contributed by atoms with E-state index in [2.05, 4.69) is 10.4 Å². The maximum Gasteiger partial charge on any atom is 0.322 e. The second-order valence-corrected chi connectivity index (χ2v) is 6.75. The number of anilines is 1. The van der Waals surface area contributed by atoms with Gasteiger partial charge in [0, 0.05) is 23.9 Å². The molecule has 1 aliphatic heterocycles. The molecule has 0 bridgehead atoms. The highest BCUT2D eigenvalue weighted by atomic mass is 35.5. The van der Waals surface area contributed by atoms with Crippen molar-refractivity contribution in [2.24, 2.45) is 0 Å². The molecule has 0 unspecified atom stereocenters. The summed E-state index contributed by atoms with van der Waals surface area (Å²) < 4.78 is 41.8. The summed E-state index contributed by atoms with van der Waals surface area (Å²) in [6, 6.07) is 7.57. The van der Waals surface area contributed by atoms with Gasteiger partial charge in [-0.3, -0.25) is 4.68 Å². The van der Waals surface area contributed by atoms with Crippen LogP contribution in [0.1, 0.15) is 5.69 Å². The van der Waals surface area contributed by atoms with Crippen molar-refractivity contribution in [3.63, 3.8) is 0 Å². The number of carbonyl (C=O) groups excluding carboxylic acids is 1. The fraction of sp³-hybridized carbons (Fsp3) is 0.158. The van der Waals surface area contributed by atoms with E-state index < -0.39 is 22.7 Å². The van der Waals surface area contributed by atoms with Crippen LogP contribution in [0, 0.1) is 17.5 Å². The number of aromatic nitrogens is 2. The Morgan fingerprint density at radius 1 is 1.11 bits per heavy atom. The molecule has 28 heavy (non-hydrogen) atoms. The molecule has 1 aromatic heterocycles. The minimum atomic E-state index is -1.16. The van der Waals surface area contributed by atoms with Crippen LogP contribution >= 0.6 is 11.6 Å².